The Labute approximate surface area is 164 Å². The lowest BCUT2D eigenvalue weighted by molar-refractivity contribution is -0.704. The fourth-order valence-electron chi connectivity index (χ4n) is 3.90. The fraction of sp³-hybridized carbons (Fsp3) is 0.875. The number of hydrogen-bond donors (Lipinski definition) is 0. The molecular formula is C24H47N2+. The highest BCUT2D eigenvalue weighted by Gasteiger charge is 2.18. The van der Waals surface area contributed by atoms with Crippen molar-refractivity contribution in [3.8, 4) is 0 Å². The molecule has 1 aromatic rings. The second kappa shape index (κ2) is 15.3. The maximum atomic E-state index is 2.54. The van der Waals surface area contributed by atoms with Gasteiger partial charge in [0.25, 0.3) is 5.82 Å². The topological polar surface area (TPSA) is 8.81 Å². The molecule has 0 saturated heterocycles. The summed E-state index contributed by atoms with van der Waals surface area (Å²) < 4.78 is 5.04. The summed E-state index contributed by atoms with van der Waals surface area (Å²) in [6.07, 6.45) is 25.4. The molecule has 1 rings (SSSR count). The van der Waals surface area contributed by atoms with Crippen LogP contribution in [-0.2, 0) is 13.0 Å². The predicted octanol–water partition coefficient (Wildman–Crippen LogP) is 7.40. The van der Waals surface area contributed by atoms with E-state index in [1.807, 2.05) is 0 Å². The summed E-state index contributed by atoms with van der Waals surface area (Å²) in [7, 11) is 0. The number of unbranched alkanes of at least 4 members (excludes halogenated alkanes) is 12. The summed E-state index contributed by atoms with van der Waals surface area (Å²) in [6, 6.07) is 0.574. The van der Waals surface area contributed by atoms with Crippen LogP contribution in [0.3, 0.4) is 0 Å². The molecule has 152 valence electrons. The van der Waals surface area contributed by atoms with Gasteiger partial charge in [0.1, 0.15) is 12.4 Å². The first kappa shape index (κ1) is 23.2. The van der Waals surface area contributed by atoms with Crippen molar-refractivity contribution >= 4 is 0 Å². The monoisotopic (exact) mass is 363 g/mol. The van der Waals surface area contributed by atoms with Crippen molar-refractivity contribution < 1.29 is 4.57 Å². The molecule has 1 aromatic heterocycles. The third kappa shape index (κ3) is 9.78. The normalized spacial score (nSPS) is 11.6. The van der Waals surface area contributed by atoms with Crippen LogP contribution in [0.2, 0.25) is 0 Å². The molecular weight excluding hydrogens is 316 g/mol. The summed E-state index contributed by atoms with van der Waals surface area (Å²) in [4.78, 5) is 0. The number of imidazole rings is 1. The van der Waals surface area contributed by atoms with Gasteiger partial charge in [-0.25, -0.2) is 9.13 Å². The van der Waals surface area contributed by atoms with Crippen LogP contribution in [0.25, 0.3) is 0 Å². The van der Waals surface area contributed by atoms with E-state index in [0.717, 1.165) is 0 Å². The predicted molar refractivity (Wildman–Crippen MR) is 115 cm³/mol. The van der Waals surface area contributed by atoms with Gasteiger partial charge in [0, 0.05) is 6.42 Å². The molecule has 0 radical (unpaired) electrons. The highest BCUT2D eigenvalue weighted by Crippen LogP contribution is 2.13. The van der Waals surface area contributed by atoms with Crippen LogP contribution < -0.4 is 4.57 Å². The molecule has 2 nitrogen and oxygen atoms in total. The minimum Gasteiger partial charge on any atom is -0.234 e. The van der Waals surface area contributed by atoms with Crippen molar-refractivity contribution in [3.63, 3.8) is 0 Å². The van der Waals surface area contributed by atoms with Crippen molar-refractivity contribution in [2.75, 3.05) is 0 Å². The van der Waals surface area contributed by atoms with E-state index in [4.69, 9.17) is 0 Å². The first-order valence-corrected chi connectivity index (χ1v) is 11.8. The standard InChI is InChI=1S/C24H47N2/c1-5-7-9-11-13-14-15-17-19-24-25(21-22-26(24)23(3)4)20-18-16-12-10-8-6-2/h21-23H,5-20H2,1-4H3/q+1. The lowest BCUT2D eigenvalue weighted by Crippen LogP contribution is -2.37. The number of nitrogens with zero attached hydrogens (tertiary/aromatic N) is 2. The van der Waals surface area contributed by atoms with Crippen LogP contribution in [-0.4, -0.2) is 4.57 Å². The quantitative estimate of drug-likeness (QED) is 0.201. The van der Waals surface area contributed by atoms with E-state index >= 15 is 0 Å². The van der Waals surface area contributed by atoms with Crippen molar-refractivity contribution in [1.29, 1.82) is 0 Å². The van der Waals surface area contributed by atoms with Gasteiger partial charge in [-0.15, -0.1) is 0 Å². The van der Waals surface area contributed by atoms with Crippen LogP contribution in [0.15, 0.2) is 12.4 Å². The molecule has 0 N–H and O–H groups in total. The summed E-state index contributed by atoms with van der Waals surface area (Å²) in [5.74, 6) is 1.56. The molecule has 0 fully saturated rings. The SMILES string of the molecule is CCCCCCCCCCc1n(C(C)C)cc[n+]1CCCCCCCC. The summed E-state index contributed by atoms with van der Waals surface area (Å²) in [5, 5.41) is 0. The number of rotatable bonds is 17. The van der Waals surface area contributed by atoms with Gasteiger partial charge in [-0.2, -0.15) is 0 Å². The van der Waals surface area contributed by atoms with Gasteiger partial charge in [0.15, 0.2) is 0 Å². The Morgan fingerprint density at radius 2 is 1.23 bits per heavy atom. The van der Waals surface area contributed by atoms with Gasteiger partial charge in [-0.05, 0) is 33.1 Å². The third-order valence-corrected chi connectivity index (χ3v) is 5.60. The second-order valence-electron chi connectivity index (χ2n) is 8.40. The molecule has 2 heteroatoms. The Balaban J connectivity index is 2.33. The third-order valence-electron chi connectivity index (χ3n) is 5.60. The van der Waals surface area contributed by atoms with E-state index in [2.05, 4.69) is 49.2 Å². The van der Waals surface area contributed by atoms with Gasteiger partial charge >= 0.3 is 0 Å². The molecule has 1 heterocycles. The van der Waals surface area contributed by atoms with Crippen LogP contribution in [0, 0.1) is 0 Å². The summed E-state index contributed by atoms with van der Waals surface area (Å²) >= 11 is 0. The van der Waals surface area contributed by atoms with Gasteiger partial charge in [0.05, 0.1) is 12.6 Å². The van der Waals surface area contributed by atoms with Crippen LogP contribution in [0.1, 0.15) is 129 Å². The average molecular weight is 364 g/mol. The van der Waals surface area contributed by atoms with Crippen LogP contribution in [0.4, 0.5) is 0 Å². The van der Waals surface area contributed by atoms with Gasteiger partial charge in [-0.3, -0.25) is 0 Å². The van der Waals surface area contributed by atoms with E-state index in [1.54, 1.807) is 5.82 Å². The van der Waals surface area contributed by atoms with Gasteiger partial charge < -0.3 is 0 Å². The Morgan fingerprint density at radius 1 is 0.731 bits per heavy atom. The fourth-order valence-corrected chi connectivity index (χ4v) is 3.90. The van der Waals surface area contributed by atoms with Crippen molar-refractivity contribution in [1.82, 2.24) is 4.57 Å². The van der Waals surface area contributed by atoms with Crippen LogP contribution >= 0.6 is 0 Å². The minimum absolute atomic E-state index is 0.574. The Bertz CT molecular complexity index is 433. The Morgan fingerprint density at radius 3 is 1.77 bits per heavy atom. The molecule has 26 heavy (non-hydrogen) atoms. The molecule has 0 saturated carbocycles. The molecule has 0 spiro atoms. The van der Waals surface area contributed by atoms with E-state index in [9.17, 15) is 0 Å². The zero-order valence-corrected chi connectivity index (χ0v) is 18.4. The lowest BCUT2D eigenvalue weighted by atomic mass is 10.1. The van der Waals surface area contributed by atoms with Crippen LogP contribution in [0.5, 0.6) is 0 Å². The molecule has 0 atom stereocenters. The molecule has 0 bridgehead atoms. The highest BCUT2D eigenvalue weighted by molar-refractivity contribution is 4.86. The van der Waals surface area contributed by atoms with E-state index < -0.39 is 0 Å². The van der Waals surface area contributed by atoms with Gasteiger partial charge in [0.2, 0.25) is 0 Å². The summed E-state index contributed by atoms with van der Waals surface area (Å²) in [6.45, 7) is 10.4. The van der Waals surface area contributed by atoms with Gasteiger partial charge in [-0.1, -0.05) is 84.5 Å². The Kier molecular flexibility index (Phi) is 13.7. The van der Waals surface area contributed by atoms with Crippen molar-refractivity contribution in [3.05, 3.63) is 18.2 Å². The largest absolute Gasteiger partial charge is 0.256 e. The maximum absolute atomic E-state index is 2.54. The maximum Gasteiger partial charge on any atom is 0.256 e. The second-order valence-corrected chi connectivity index (χ2v) is 8.40. The van der Waals surface area contributed by atoms with E-state index in [1.165, 1.54) is 103 Å². The molecule has 0 aliphatic heterocycles. The Hall–Kier alpha value is -0.790. The first-order valence-electron chi connectivity index (χ1n) is 11.8. The molecule has 0 unspecified atom stereocenters. The average Bonchev–Trinajstić information content (AvgIpc) is 3.03. The van der Waals surface area contributed by atoms with Crippen molar-refractivity contribution in [2.24, 2.45) is 0 Å². The highest BCUT2D eigenvalue weighted by atomic mass is 15.2. The number of aromatic nitrogens is 2. The zero-order valence-electron chi connectivity index (χ0n) is 18.4. The molecule has 0 aromatic carbocycles. The first-order chi connectivity index (χ1) is 12.7. The van der Waals surface area contributed by atoms with Crippen molar-refractivity contribution in [2.45, 2.75) is 137 Å². The molecule has 0 aliphatic carbocycles. The zero-order chi connectivity index (χ0) is 19.0. The van der Waals surface area contributed by atoms with E-state index in [-0.39, 0.29) is 0 Å². The number of hydrogen-bond acceptors (Lipinski definition) is 0. The molecule has 0 amide bonds. The molecule has 0 aliphatic rings. The minimum atomic E-state index is 0.574. The lowest BCUT2D eigenvalue weighted by Gasteiger charge is -2.08. The summed E-state index contributed by atoms with van der Waals surface area (Å²) in [5.41, 5.74) is 0. The van der Waals surface area contributed by atoms with E-state index in [0.29, 0.717) is 6.04 Å². The number of aryl methyl sites for hydroxylation is 1. The smallest absolute Gasteiger partial charge is 0.234 e.